The number of anilines is 1. The zero-order valence-electron chi connectivity index (χ0n) is 17.8. The van der Waals surface area contributed by atoms with Gasteiger partial charge in [0.2, 0.25) is 5.91 Å². The standard InChI is InChI=1S/C21H28F3N3O3/c1-14-12-25(9-10-26(14)19(29)30-20(2,3)4)13-18(28)27-8-7-15-5-6-16(11-17(15)27)21(22,23)24/h5-6,11,14H,7-10,12-13H2,1-4H3. The minimum atomic E-state index is -4.44. The van der Waals surface area contributed by atoms with Crippen molar-refractivity contribution in [1.82, 2.24) is 9.80 Å². The van der Waals surface area contributed by atoms with Gasteiger partial charge in [0.25, 0.3) is 0 Å². The topological polar surface area (TPSA) is 53.1 Å². The summed E-state index contributed by atoms with van der Waals surface area (Å²) in [7, 11) is 0. The van der Waals surface area contributed by atoms with E-state index in [0.29, 0.717) is 38.3 Å². The zero-order valence-corrected chi connectivity index (χ0v) is 17.8. The van der Waals surface area contributed by atoms with Crippen LogP contribution in [0.2, 0.25) is 0 Å². The first-order valence-electron chi connectivity index (χ1n) is 10.1. The lowest BCUT2D eigenvalue weighted by Crippen LogP contribution is -2.56. The molecule has 3 rings (SSSR count). The first kappa shape index (κ1) is 22.4. The maximum Gasteiger partial charge on any atom is 0.416 e. The lowest BCUT2D eigenvalue weighted by molar-refractivity contribution is -0.137. The molecular weight excluding hydrogens is 399 g/mol. The molecule has 0 saturated carbocycles. The number of nitrogens with zero attached hydrogens (tertiary/aromatic N) is 3. The number of carbonyl (C=O) groups is 2. The maximum absolute atomic E-state index is 13.1. The summed E-state index contributed by atoms with van der Waals surface area (Å²) in [6, 6.07) is 3.44. The van der Waals surface area contributed by atoms with E-state index in [1.54, 1.807) is 4.90 Å². The third-order valence-corrected chi connectivity index (χ3v) is 5.31. The first-order chi connectivity index (χ1) is 13.8. The zero-order chi connectivity index (χ0) is 22.3. The Kier molecular flexibility index (Phi) is 6.04. The normalized spacial score (nSPS) is 20.3. The van der Waals surface area contributed by atoms with Gasteiger partial charge in [-0.15, -0.1) is 0 Å². The van der Waals surface area contributed by atoms with Crippen LogP contribution in [-0.4, -0.2) is 66.2 Å². The Labute approximate surface area is 174 Å². The van der Waals surface area contributed by atoms with Crippen molar-refractivity contribution in [2.75, 3.05) is 37.6 Å². The quantitative estimate of drug-likeness (QED) is 0.725. The third kappa shape index (κ3) is 5.06. The average molecular weight is 427 g/mol. The summed E-state index contributed by atoms with van der Waals surface area (Å²) in [5.74, 6) is -0.231. The molecule has 0 bridgehead atoms. The van der Waals surface area contributed by atoms with E-state index in [1.807, 2.05) is 32.6 Å². The summed E-state index contributed by atoms with van der Waals surface area (Å²) in [6.45, 7) is 9.21. The molecule has 1 atom stereocenters. The summed E-state index contributed by atoms with van der Waals surface area (Å²) >= 11 is 0. The van der Waals surface area contributed by atoms with Crippen molar-refractivity contribution in [1.29, 1.82) is 0 Å². The Balaban J connectivity index is 1.62. The van der Waals surface area contributed by atoms with Crippen LogP contribution >= 0.6 is 0 Å². The van der Waals surface area contributed by atoms with Crippen LogP contribution in [0, 0.1) is 0 Å². The SMILES string of the molecule is CC1CN(CC(=O)N2CCc3ccc(C(F)(F)F)cc32)CCN1C(=O)OC(C)(C)C. The molecule has 0 N–H and O–H groups in total. The van der Waals surface area contributed by atoms with E-state index in [1.165, 1.54) is 11.0 Å². The van der Waals surface area contributed by atoms with Gasteiger partial charge in [0, 0.05) is 37.9 Å². The van der Waals surface area contributed by atoms with Gasteiger partial charge in [-0.25, -0.2) is 4.79 Å². The first-order valence-corrected chi connectivity index (χ1v) is 10.1. The molecule has 0 aromatic heterocycles. The third-order valence-electron chi connectivity index (χ3n) is 5.31. The molecule has 0 radical (unpaired) electrons. The Morgan fingerprint density at radius 1 is 1.13 bits per heavy atom. The fraction of sp³-hybridized carbons (Fsp3) is 0.619. The van der Waals surface area contributed by atoms with E-state index >= 15 is 0 Å². The number of benzene rings is 1. The Morgan fingerprint density at radius 3 is 2.43 bits per heavy atom. The van der Waals surface area contributed by atoms with E-state index < -0.39 is 17.3 Å². The molecule has 30 heavy (non-hydrogen) atoms. The van der Waals surface area contributed by atoms with E-state index in [4.69, 9.17) is 4.74 Å². The minimum Gasteiger partial charge on any atom is -0.444 e. The highest BCUT2D eigenvalue weighted by Gasteiger charge is 2.35. The number of amides is 2. The molecule has 2 amide bonds. The molecule has 0 aliphatic carbocycles. The van der Waals surface area contributed by atoms with Crippen molar-refractivity contribution in [2.24, 2.45) is 0 Å². The molecule has 0 spiro atoms. The van der Waals surface area contributed by atoms with E-state index in [-0.39, 0.29) is 24.6 Å². The monoisotopic (exact) mass is 427 g/mol. The fourth-order valence-electron chi connectivity index (χ4n) is 3.86. The molecule has 9 heteroatoms. The summed E-state index contributed by atoms with van der Waals surface area (Å²) < 4.78 is 44.6. The van der Waals surface area contributed by atoms with Crippen LogP contribution in [0.3, 0.4) is 0 Å². The van der Waals surface area contributed by atoms with Gasteiger partial charge in [0.1, 0.15) is 5.60 Å². The lowest BCUT2D eigenvalue weighted by atomic mass is 10.1. The second-order valence-electron chi connectivity index (χ2n) is 8.89. The van der Waals surface area contributed by atoms with Crippen LogP contribution in [0.15, 0.2) is 18.2 Å². The van der Waals surface area contributed by atoms with Crippen molar-refractivity contribution in [3.8, 4) is 0 Å². The molecule has 1 fully saturated rings. The van der Waals surface area contributed by atoms with E-state index in [9.17, 15) is 22.8 Å². The number of fused-ring (bicyclic) bond motifs is 1. The summed E-state index contributed by atoms with van der Waals surface area (Å²) in [5, 5.41) is 0. The Bertz CT molecular complexity index is 820. The summed E-state index contributed by atoms with van der Waals surface area (Å²) in [5.41, 5.74) is -0.238. The highest BCUT2D eigenvalue weighted by Crippen LogP contribution is 2.36. The van der Waals surface area contributed by atoms with Gasteiger partial charge in [-0.1, -0.05) is 6.07 Å². The molecule has 6 nitrogen and oxygen atoms in total. The summed E-state index contributed by atoms with van der Waals surface area (Å²) in [4.78, 5) is 30.2. The molecule has 1 saturated heterocycles. The lowest BCUT2D eigenvalue weighted by Gasteiger charge is -2.40. The largest absolute Gasteiger partial charge is 0.444 e. The molecular formula is C21H28F3N3O3. The molecule has 2 aliphatic heterocycles. The molecule has 1 aromatic carbocycles. The van der Waals surface area contributed by atoms with Crippen molar-refractivity contribution in [2.45, 2.75) is 51.9 Å². The van der Waals surface area contributed by atoms with Gasteiger partial charge in [-0.05, 0) is 51.8 Å². The van der Waals surface area contributed by atoms with Crippen molar-refractivity contribution < 1.29 is 27.5 Å². The van der Waals surface area contributed by atoms with Crippen LogP contribution in [-0.2, 0) is 22.1 Å². The number of alkyl halides is 3. The Morgan fingerprint density at radius 2 is 1.83 bits per heavy atom. The molecule has 2 heterocycles. The van der Waals surface area contributed by atoms with Gasteiger partial charge in [-0.3, -0.25) is 9.69 Å². The number of piperazine rings is 1. The number of hydrogen-bond acceptors (Lipinski definition) is 4. The number of halogens is 3. The van der Waals surface area contributed by atoms with Gasteiger partial charge in [0.05, 0.1) is 12.1 Å². The van der Waals surface area contributed by atoms with E-state index in [2.05, 4.69) is 0 Å². The number of hydrogen-bond donors (Lipinski definition) is 0. The number of ether oxygens (including phenoxy) is 1. The second-order valence-corrected chi connectivity index (χ2v) is 8.89. The molecule has 166 valence electrons. The predicted octanol–water partition coefficient (Wildman–Crippen LogP) is 3.54. The molecule has 2 aliphatic rings. The van der Waals surface area contributed by atoms with Crippen LogP contribution in [0.25, 0.3) is 0 Å². The fourth-order valence-corrected chi connectivity index (χ4v) is 3.86. The smallest absolute Gasteiger partial charge is 0.416 e. The van der Waals surface area contributed by atoms with Crippen molar-refractivity contribution in [3.05, 3.63) is 29.3 Å². The van der Waals surface area contributed by atoms with E-state index in [0.717, 1.165) is 17.7 Å². The van der Waals surface area contributed by atoms with Gasteiger partial charge in [-0.2, -0.15) is 13.2 Å². The van der Waals surface area contributed by atoms with Gasteiger partial charge in [0.15, 0.2) is 0 Å². The molecule has 1 aromatic rings. The average Bonchev–Trinajstić information content (AvgIpc) is 3.02. The highest BCUT2D eigenvalue weighted by molar-refractivity contribution is 5.97. The second kappa shape index (κ2) is 8.09. The van der Waals surface area contributed by atoms with Crippen LogP contribution in [0.5, 0.6) is 0 Å². The van der Waals surface area contributed by atoms with Crippen LogP contribution in [0.1, 0.15) is 38.8 Å². The highest BCUT2D eigenvalue weighted by atomic mass is 19.4. The predicted molar refractivity (Wildman–Crippen MR) is 106 cm³/mol. The Hall–Kier alpha value is -2.29. The van der Waals surface area contributed by atoms with Gasteiger partial charge >= 0.3 is 12.3 Å². The van der Waals surface area contributed by atoms with Crippen molar-refractivity contribution >= 4 is 17.7 Å². The van der Waals surface area contributed by atoms with Crippen LogP contribution in [0.4, 0.5) is 23.7 Å². The number of carbonyl (C=O) groups excluding carboxylic acids is 2. The summed E-state index contributed by atoms with van der Waals surface area (Å²) in [6.07, 6.45) is -4.28. The number of rotatable bonds is 2. The molecule has 1 unspecified atom stereocenters. The van der Waals surface area contributed by atoms with Crippen LogP contribution < -0.4 is 4.90 Å². The maximum atomic E-state index is 13.1. The minimum absolute atomic E-state index is 0.0994. The van der Waals surface area contributed by atoms with Gasteiger partial charge < -0.3 is 14.5 Å². The van der Waals surface area contributed by atoms with Crippen molar-refractivity contribution in [3.63, 3.8) is 0 Å².